The lowest BCUT2D eigenvalue weighted by Gasteiger charge is -2.04. The van der Waals surface area contributed by atoms with E-state index in [4.69, 9.17) is 6.92 Å². The number of hydrogen-bond donors (Lipinski definition) is 0. The van der Waals surface area contributed by atoms with Gasteiger partial charge in [0.15, 0.2) is 9.84 Å². The summed E-state index contributed by atoms with van der Waals surface area (Å²) in [4.78, 5) is 17.7. The number of rotatable bonds is 5. The van der Waals surface area contributed by atoms with Crippen LogP contribution in [0.15, 0.2) is 18.6 Å². The first-order chi connectivity index (χ1) is 7.03. The van der Waals surface area contributed by atoms with Gasteiger partial charge in [-0.2, -0.15) is 0 Å². The smallest absolute Gasteiger partial charge is 0.156 e. The Balaban J connectivity index is 2.69. The molecule has 2 radical (unpaired) electrons. The minimum absolute atomic E-state index is 0.225. The molecule has 0 bridgehead atoms. The van der Waals surface area contributed by atoms with Crippen LogP contribution in [0.25, 0.3) is 0 Å². The second-order valence-electron chi connectivity index (χ2n) is 3.06. The van der Waals surface area contributed by atoms with Crippen LogP contribution in [0.5, 0.6) is 0 Å². The molecule has 0 aliphatic heterocycles. The molecular weight excluding hydrogens is 216 g/mol. The molecule has 5 nitrogen and oxygen atoms in total. The van der Waals surface area contributed by atoms with Crippen molar-refractivity contribution in [3.8, 4) is 0 Å². The monoisotopic (exact) mass is 226 g/mol. The molecule has 6 heteroatoms. The van der Waals surface area contributed by atoms with Gasteiger partial charge in [-0.15, -0.1) is 0 Å². The van der Waals surface area contributed by atoms with Gasteiger partial charge in [-0.3, -0.25) is 0 Å². The Morgan fingerprint density at radius 3 is 2.80 bits per heavy atom. The Morgan fingerprint density at radius 1 is 1.53 bits per heavy atom. The molecule has 0 saturated heterocycles. The van der Waals surface area contributed by atoms with Crippen LogP contribution in [0.3, 0.4) is 0 Å². The quantitative estimate of drug-likeness (QED) is 0.656. The van der Waals surface area contributed by atoms with Crippen LogP contribution in [0, 0.1) is 12.8 Å². The molecule has 1 atom stereocenters. The molecule has 0 fully saturated rings. The molecule has 0 spiro atoms. The van der Waals surface area contributed by atoms with Gasteiger partial charge in [0.05, 0.1) is 17.2 Å². The Morgan fingerprint density at radius 2 is 2.27 bits per heavy atom. The molecule has 0 amide bonds. The van der Waals surface area contributed by atoms with Crippen molar-refractivity contribution in [1.29, 1.82) is 0 Å². The van der Waals surface area contributed by atoms with Crippen molar-refractivity contribution in [2.45, 2.75) is 5.75 Å². The van der Waals surface area contributed by atoms with E-state index >= 15 is 0 Å². The zero-order valence-corrected chi connectivity index (χ0v) is 8.72. The van der Waals surface area contributed by atoms with Gasteiger partial charge in [-0.25, -0.2) is 18.4 Å². The van der Waals surface area contributed by atoms with Gasteiger partial charge in [-0.1, -0.05) is 0 Å². The summed E-state index contributed by atoms with van der Waals surface area (Å²) in [5.41, 5.74) is 0.392. The summed E-state index contributed by atoms with van der Waals surface area (Å²) < 4.78 is 22.9. The van der Waals surface area contributed by atoms with E-state index in [2.05, 4.69) is 9.97 Å². The number of nitrogens with zero attached hydrogens (tertiary/aromatic N) is 2. The standard InChI is InChI=1S/C9H10N2O3S/c1-8(4-12)5-15(13,14)6-9-2-3-10-7-11-9/h1-4,7-8H,5-6H2/t8-/m1/s1. The number of hydrogen-bond acceptors (Lipinski definition) is 5. The molecule has 0 N–H and O–H groups in total. The van der Waals surface area contributed by atoms with Crippen LogP contribution in [0.1, 0.15) is 5.69 Å². The molecule has 0 saturated carbocycles. The van der Waals surface area contributed by atoms with Crippen LogP contribution in [0.2, 0.25) is 0 Å². The fourth-order valence-electron chi connectivity index (χ4n) is 1.02. The maximum absolute atomic E-state index is 11.5. The van der Waals surface area contributed by atoms with Crippen molar-refractivity contribution in [2.24, 2.45) is 5.92 Å². The van der Waals surface area contributed by atoms with Gasteiger partial charge in [0.25, 0.3) is 0 Å². The van der Waals surface area contributed by atoms with E-state index in [9.17, 15) is 13.2 Å². The SMILES string of the molecule is [CH][C@H](C=O)CS(=O)(=O)Cc1ccncn1. The second-order valence-corrected chi connectivity index (χ2v) is 5.16. The van der Waals surface area contributed by atoms with E-state index in [1.54, 1.807) is 0 Å². The molecule has 0 aliphatic rings. The fourth-order valence-corrected chi connectivity index (χ4v) is 2.42. The molecule has 1 rings (SSSR count). The lowest BCUT2D eigenvalue weighted by atomic mass is 10.3. The zero-order valence-electron chi connectivity index (χ0n) is 7.91. The molecular formula is C9H10N2O3S. The first-order valence-electron chi connectivity index (χ1n) is 4.20. The van der Waals surface area contributed by atoms with E-state index in [0.717, 1.165) is 0 Å². The summed E-state index contributed by atoms with van der Waals surface area (Å²) in [6.07, 6.45) is 3.14. The van der Waals surface area contributed by atoms with E-state index in [1.807, 2.05) is 0 Å². The van der Waals surface area contributed by atoms with Crippen LogP contribution in [-0.2, 0) is 20.4 Å². The molecule has 15 heavy (non-hydrogen) atoms. The summed E-state index contributed by atoms with van der Waals surface area (Å²) in [5, 5.41) is 0. The van der Waals surface area contributed by atoms with E-state index < -0.39 is 15.8 Å². The highest BCUT2D eigenvalue weighted by atomic mass is 32.2. The lowest BCUT2D eigenvalue weighted by molar-refractivity contribution is -0.109. The summed E-state index contributed by atoms with van der Waals surface area (Å²) in [6.45, 7) is 5.23. The van der Waals surface area contributed by atoms with Gasteiger partial charge >= 0.3 is 0 Å². The highest BCUT2D eigenvalue weighted by molar-refractivity contribution is 7.90. The normalized spacial score (nSPS) is 13.4. The van der Waals surface area contributed by atoms with Crippen molar-refractivity contribution >= 4 is 16.1 Å². The Bertz CT molecular complexity index is 416. The average molecular weight is 226 g/mol. The van der Waals surface area contributed by atoms with Crippen LogP contribution in [-0.4, -0.2) is 30.4 Å². The van der Waals surface area contributed by atoms with Gasteiger partial charge in [0, 0.05) is 12.1 Å². The maximum atomic E-state index is 11.5. The minimum atomic E-state index is -3.39. The summed E-state index contributed by atoms with van der Waals surface area (Å²) in [5.74, 6) is -1.56. The van der Waals surface area contributed by atoms with Crippen molar-refractivity contribution in [3.05, 3.63) is 31.2 Å². The molecule has 1 heterocycles. The maximum Gasteiger partial charge on any atom is 0.156 e. The first-order valence-corrected chi connectivity index (χ1v) is 6.02. The third-order valence-electron chi connectivity index (χ3n) is 1.63. The van der Waals surface area contributed by atoms with Gasteiger partial charge in [0.2, 0.25) is 0 Å². The first kappa shape index (κ1) is 11.8. The minimum Gasteiger partial charge on any atom is -0.303 e. The van der Waals surface area contributed by atoms with Crippen molar-refractivity contribution in [3.63, 3.8) is 0 Å². The third kappa shape index (κ3) is 4.16. The average Bonchev–Trinajstić information content (AvgIpc) is 2.17. The van der Waals surface area contributed by atoms with Crippen molar-refractivity contribution in [2.75, 3.05) is 5.75 Å². The predicted molar refractivity (Wildman–Crippen MR) is 53.4 cm³/mol. The molecule has 0 aromatic carbocycles. The molecule has 0 aliphatic carbocycles. The van der Waals surface area contributed by atoms with Crippen LogP contribution in [0.4, 0.5) is 0 Å². The summed E-state index contributed by atoms with van der Waals surface area (Å²) >= 11 is 0. The number of aldehydes is 1. The van der Waals surface area contributed by atoms with Crippen molar-refractivity contribution in [1.82, 2.24) is 9.97 Å². The van der Waals surface area contributed by atoms with Crippen LogP contribution < -0.4 is 0 Å². The second kappa shape index (κ2) is 4.97. The largest absolute Gasteiger partial charge is 0.303 e. The molecule has 80 valence electrons. The zero-order chi connectivity index (χ0) is 11.3. The Labute approximate surface area is 88.5 Å². The van der Waals surface area contributed by atoms with Gasteiger partial charge in [-0.05, 0) is 13.0 Å². The number of sulfone groups is 1. The highest BCUT2D eigenvalue weighted by Crippen LogP contribution is 2.05. The molecule has 1 aromatic heterocycles. The number of carbonyl (C=O) groups is 1. The van der Waals surface area contributed by atoms with E-state index in [-0.39, 0.29) is 11.5 Å². The Hall–Kier alpha value is -1.30. The summed E-state index contributed by atoms with van der Waals surface area (Å²) in [6, 6.07) is 1.50. The topological polar surface area (TPSA) is 77.0 Å². The highest BCUT2D eigenvalue weighted by Gasteiger charge is 2.16. The molecule has 1 aromatic rings. The molecule has 0 unspecified atom stereocenters. The van der Waals surface area contributed by atoms with Gasteiger partial charge < -0.3 is 4.79 Å². The van der Waals surface area contributed by atoms with Crippen LogP contribution >= 0.6 is 0 Å². The summed E-state index contributed by atoms with van der Waals surface area (Å²) in [7, 11) is -3.39. The Kier molecular flexibility index (Phi) is 3.90. The van der Waals surface area contributed by atoms with E-state index in [1.165, 1.54) is 18.6 Å². The van der Waals surface area contributed by atoms with Gasteiger partial charge in [0.1, 0.15) is 12.6 Å². The number of carbonyl (C=O) groups excluding carboxylic acids is 1. The third-order valence-corrected chi connectivity index (χ3v) is 3.26. The van der Waals surface area contributed by atoms with E-state index in [0.29, 0.717) is 12.0 Å². The lowest BCUT2D eigenvalue weighted by Crippen LogP contribution is -2.17. The fraction of sp³-hybridized carbons (Fsp3) is 0.333. The predicted octanol–water partition coefficient (Wildman–Crippen LogP) is -0.0824. The number of aromatic nitrogens is 2. The van der Waals surface area contributed by atoms with Crippen molar-refractivity contribution < 1.29 is 13.2 Å².